The molecule has 5 atom stereocenters. The van der Waals surface area contributed by atoms with Gasteiger partial charge in [-0.15, -0.1) is 0 Å². The summed E-state index contributed by atoms with van der Waals surface area (Å²) in [5.74, 6) is 2.69. The first-order valence-electron chi connectivity index (χ1n) is 10.8. The molecule has 27 heavy (non-hydrogen) atoms. The Morgan fingerprint density at radius 1 is 1.26 bits per heavy atom. The summed E-state index contributed by atoms with van der Waals surface area (Å²) in [5.41, 5.74) is 6.82. The molecule has 0 spiro atoms. The fourth-order valence-electron chi connectivity index (χ4n) is 4.71. The minimum Gasteiger partial charge on any atom is -0.356 e. The quantitative estimate of drug-likeness (QED) is 0.404. The van der Waals surface area contributed by atoms with Crippen LogP contribution in [-0.4, -0.2) is 37.4 Å². The molecule has 2 aliphatic carbocycles. The minimum absolute atomic E-state index is 0.0377. The average molecular weight is 378 g/mol. The summed E-state index contributed by atoms with van der Waals surface area (Å²) in [6.07, 6.45) is 10.1. The van der Waals surface area contributed by atoms with Crippen molar-refractivity contribution < 1.29 is 9.59 Å². The standard InChI is InChI=1S/C22H39N3O2/c1-15-6-7-20-14-18(8-9-19(20)13-15)16(2)22(27)25-11-4-5-21(17(3)26)24-12-10-23/h8,15-16,19-21,24H,4-7,9-14,23H2,1-3H3,(H,25,27)/t15-,16+,19-,20-,21?/m1/s1. The van der Waals surface area contributed by atoms with E-state index in [1.165, 1.54) is 24.8 Å². The Morgan fingerprint density at radius 2 is 2.04 bits per heavy atom. The molecule has 0 bridgehead atoms. The highest BCUT2D eigenvalue weighted by Gasteiger charge is 2.33. The maximum absolute atomic E-state index is 12.6. The first-order chi connectivity index (χ1) is 12.9. The van der Waals surface area contributed by atoms with Gasteiger partial charge in [0, 0.05) is 19.6 Å². The Morgan fingerprint density at radius 3 is 2.74 bits per heavy atom. The summed E-state index contributed by atoms with van der Waals surface area (Å²) >= 11 is 0. The molecule has 1 saturated carbocycles. The van der Waals surface area contributed by atoms with E-state index in [1.807, 2.05) is 6.92 Å². The molecule has 0 saturated heterocycles. The molecule has 0 aromatic heterocycles. The van der Waals surface area contributed by atoms with E-state index in [2.05, 4.69) is 23.6 Å². The topological polar surface area (TPSA) is 84.2 Å². The third-order valence-corrected chi connectivity index (χ3v) is 6.53. The van der Waals surface area contributed by atoms with Crippen LogP contribution in [0.4, 0.5) is 0 Å². The Labute approximate surface area is 164 Å². The number of rotatable bonds is 10. The maximum Gasteiger partial charge on any atom is 0.226 e. The zero-order valence-corrected chi connectivity index (χ0v) is 17.4. The Balaban J connectivity index is 1.73. The molecule has 0 aliphatic heterocycles. The second-order valence-corrected chi connectivity index (χ2v) is 8.72. The van der Waals surface area contributed by atoms with Crippen molar-refractivity contribution in [3.8, 4) is 0 Å². The third-order valence-electron chi connectivity index (χ3n) is 6.53. The summed E-state index contributed by atoms with van der Waals surface area (Å²) < 4.78 is 0. The van der Waals surface area contributed by atoms with Crippen LogP contribution < -0.4 is 16.4 Å². The number of nitrogens with two attached hydrogens (primary N) is 1. The molecule has 1 amide bonds. The zero-order valence-electron chi connectivity index (χ0n) is 17.4. The lowest BCUT2D eigenvalue weighted by molar-refractivity contribution is -0.123. The van der Waals surface area contributed by atoms with Crippen LogP contribution >= 0.6 is 0 Å². The summed E-state index contributed by atoms with van der Waals surface area (Å²) in [5, 5.41) is 6.23. The van der Waals surface area contributed by atoms with Crippen molar-refractivity contribution in [3.05, 3.63) is 11.6 Å². The largest absolute Gasteiger partial charge is 0.356 e. The smallest absolute Gasteiger partial charge is 0.226 e. The zero-order chi connectivity index (χ0) is 19.8. The number of ketones is 1. The average Bonchev–Trinajstić information content (AvgIpc) is 2.65. The molecular weight excluding hydrogens is 338 g/mol. The van der Waals surface area contributed by atoms with Crippen LogP contribution in [0, 0.1) is 23.7 Å². The molecule has 2 aliphatic rings. The number of hydrogen-bond donors (Lipinski definition) is 3. The van der Waals surface area contributed by atoms with Gasteiger partial charge in [0.1, 0.15) is 5.78 Å². The lowest BCUT2D eigenvalue weighted by Crippen LogP contribution is -2.39. The molecule has 0 heterocycles. The highest BCUT2D eigenvalue weighted by molar-refractivity contribution is 5.82. The fraction of sp³-hybridized carbons (Fsp3) is 0.818. The summed E-state index contributed by atoms with van der Waals surface area (Å²) in [7, 11) is 0. The number of fused-ring (bicyclic) bond motifs is 1. The molecule has 1 unspecified atom stereocenters. The lowest BCUT2D eigenvalue weighted by Gasteiger charge is -2.39. The summed E-state index contributed by atoms with van der Waals surface area (Å²) in [4.78, 5) is 24.2. The Bertz CT molecular complexity index is 532. The van der Waals surface area contributed by atoms with Crippen molar-refractivity contribution in [2.45, 2.75) is 71.8 Å². The van der Waals surface area contributed by atoms with Crippen LogP contribution in [0.25, 0.3) is 0 Å². The SMILES string of the molecule is CC(=O)C(CCCNC(=O)[C@@H](C)C1=CC[C@@H]2C[C@H](C)CC[C@@H]2C1)NCCN. The van der Waals surface area contributed by atoms with E-state index >= 15 is 0 Å². The number of carbonyl (C=O) groups is 2. The number of hydrogen-bond acceptors (Lipinski definition) is 4. The van der Waals surface area contributed by atoms with Crippen LogP contribution in [0.2, 0.25) is 0 Å². The molecule has 1 fully saturated rings. The molecule has 5 nitrogen and oxygen atoms in total. The second-order valence-electron chi connectivity index (χ2n) is 8.72. The minimum atomic E-state index is -0.158. The Hall–Kier alpha value is -1.20. The van der Waals surface area contributed by atoms with Crippen LogP contribution in [0.15, 0.2) is 11.6 Å². The molecule has 0 aromatic rings. The molecular formula is C22H39N3O2. The second kappa shape index (κ2) is 11.0. The monoisotopic (exact) mass is 377 g/mol. The maximum atomic E-state index is 12.6. The van der Waals surface area contributed by atoms with E-state index in [-0.39, 0.29) is 23.7 Å². The summed E-state index contributed by atoms with van der Waals surface area (Å²) in [6, 6.07) is -0.158. The first-order valence-corrected chi connectivity index (χ1v) is 10.8. The van der Waals surface area contributed by atoms with Gasteiger partial charge < -0.3 is 16.4 Å². The highest BCUT2D eigenvalue weighted by atomic mass is 16.1. The van der Waals surface area contributed by atoms with Crippen molar-refractivity contribution in [1.29, 1.82) is 0 Å². The third kappa shape index (κ3) is 6.72. The van der Waals surface area contributed by atoms with E-state index < -0.39 is 0 Å². The molecule has 154 valence electrons. The van der Waals surface area contributed by atoms with Crippen LogP contribution in [-0.2, 0) is 9.59 Å². The van der Waals surface area contributed by atoms with Gasteiger partial charge >= 0.3 is 0 Å². The number of nitrogens with one attached hydrogen (secondary N) is 2. The van der Waals surface area contributed by atoms with Crippen molar-refractivity contribution in [2.75, 3.05) is 19.6 Å². The van der Waals surface area contributed by atoms with Crippen LogP contribution in [0.5, 0.6) is 0 Å². The van der Waals surface area contributed by atoms with Gasteiger partial charge in [0.25, 0.3) is 0 Å². The molecule has 0 radical (unpaired) electrons. The van der Waals surface area contributed by atoms with Crippen LogP contribution in [0.3, 0.4) is 0 Å². The fourth-order valence-corrected chi connectivity index (χ4v) is 4.71. The van der Waals surface area contributed by atoms with Gasteiger partial charge in [0.15, 0.2) is 0 Å². The normalized spacial score (nSPS) is 27.3. The number of amides is 1. The van der Waals surface area contributed by atoms with Crippen molar-refractivity contribution >= 4 is 11.7 Å². The van der Waals surface area contributed by atoms with Gasteiger partial charge in [0.05, 0.1) is 12.0 Å². The van der Waals surface area contributed by atoms with Gasteiger partial charge in [-0.3, -0.25) is 9.59 Å². The van der Waals surface area contributed by atoms with Crippen molar-refractivity contribution in [1.82, 2.24) is 10.6 Å². The predicted molar refractivity (Wildman–Crippen MR) is 110 cm³/mol. The Kier molecular flexibility index (Phi) is 8.97. The molecule has 2 rings (SSSR count). The predicted octanol–water partition coefficient (Wildman–Crippen LogP) is 2.80. The molecule has 4 N–H and O–H groups in total. The van der Waals surface area contributed by atoms with E-state index in [9.17, 15) is 9.59 Å². The van der Waals surface area contributed by atoms with Gasteiger partial charge in [-0.05, 0) is 70.1 Å². The first kappa shape index (κ1) is 22.1. The van der Waals surface area contributed by atoms with Gasteiger partial charge in [-0.1, -0.05) is 25.0 Å². The molecule has 5 heteroatoms. The molecule has 0 aromatic carbocycles. The van der Waals surface area contributed by atoms with E-state index in [0.717, 1.165) is 43.4 Å². The number of allylic oxidation sites excluding steroid dienone is 1. The summed E-state index contributed by atoms with van der Waals surface area (Å²) in [6.45, 7) is 7.79. The van der Waals surface area contributed by atoms with Crippen molar-refractivity contribution in [2.24, 2.45) is 29.4 Å². The number of Topliss-reactive ketones (excluding diaryl/α,β-unsaturated/α-hetero) is 1. The van der Waals surface area contributed by atoms with Gasteiger partial charge in [0.2, 0.25) is 5.91 Å². The van der Waals surface area contributed by atoms with Crippen LogP contribution in [0.1, 0.15) is 65.7 Å². The van der Waals surface area contributed by atoms with Crippen molar-refractivity contribution in [3.63, 3.8) is 0 Å². The van der Waals surface area contributed by atoms with E-state index in [1.54, 1.807) is 6.92 Å². The van der Waals surface area contributed by atoms with E-state index in [0.29, 0.717) is 19.6 Å². The lowest BCUT2D eigenvalue weighted by atomic mass is 9.67. The number of carbonyl (C=O) groups excluding carboxylic acids is 2. The van der Waals surface area contributed by atoms with Gasteiger partial charge in [-0.25, -0.2) is 0 Å². The van der Waals surface area contributed by atoms with E-state index in [4.69, 9.17) is 5.73 Å². The van der Waals surface area contributed by atoms with Gasteiger partial charge in [-0.2, -0.15) is 0 Å². The highest BCUT2D eigenvalue weighted by Crippen LogP contribution is 2.43.